The van der Waals surface area contributed by atoms with E-state index in [0.29, 0.717) is 5.56 Å². The van der Waals surface area contributed by atoms with E-state index in [1.807, 2.05) is 0 Å². The molecule has 1 aromatic carbocycles. The van der Waals surface area contributed by atoms with Crippen molar-refractivity contribution in [1.29, 1.82) is 0 Å². The van der Waals surface area contributed by atoms with Crippen molar-refractivity contribution in [2.75, 3.05) is 5.32 Å². The standard InChI is InChI=1S/C10H10FNO3/c1-5-3-7(10(14)15)4-8(11)9(5)12-6(2)13/h3-4H,1-2H3,(H,12,13)(H,14,15). The summed E-state index contributed by atoms with van der Waals surface area (Å²) in [7, 11) is 0. The van der Waals surface area contributed by atoms with Gasteiger partial charge in [-0.2, -0.15) is 0 Å². The predicted octanol–water partition coefficient (Wildman–Crippen LogP) is 1.79. The van der Waals surface area contributed by atoms with Gasteiger partial charge in [0.25, 0.3) is 0 Å². The smallest absolute Gasteiger partial charge is 0.335 e. The lowest BCUT2D eigenvalue weighted by Gasteiger charge is -2.08. The van der Waals surface area contributed by atoms with Gasteiger partial charge in [0.15, 0.2) is 0 Å². The minimum Gasteiger partial charge on any atom is -0.478 e. The third kappa shape index (κ3) is 2.52. The first-order valence-electron chi connectivity index (χ1n) is 4.23. The van der Waals surface area contributed by atoms with Crippen LogP contribution in [0.5, 0.6) is 0 Å². The molecule has 5 heteroatoms. The number of aromatic carboxylic acids is 1. The van der Waals surface area contributed by atoms with Crippen LogP contribution in [0.1, 0.15) is 22.8 Å². The number of hydrogen-bond donors (Lipinski definition) is 2. The Morgan fingerprint density at radius 2 is 2.00 bits per heavy atom. The highest BCUT2D eigenvalue weighted by molar-refractivity contribution is 5.92. The van der Waals surface area contributed by atoms with Gasteiger partial charge in [0.2, 0.25) is 5.91 Å². The minimum absolute atomic E-state index is 0.0208. The zero-order chi connectivity index (χ0) is 11.6. The number of aryl methyl sites for hydroxylation is 1. The van der Waals surface area contributed by atoms with Gasteiger partial charge in [-0.15, -0.1) is 0 Å². The summed E-state index contributed by atoms with van der Waals surface area (Å²) in [6, 6.07) is 2.18. The summed E-state index contributed by atoms with van der Waals surface area (Å²) < 4.78 is 13.4. The Balaban J connectivity index is 3.21. The van der Waals surface area contributed by atoms with E-state index in [-0.39, 0.29) is 11.3 Å². The summed E-state index contributed by atoms with van der Waals surface area (Å²) in [6.45, 7) is 2.78. The lowest BCUT2D eigenvalue weighted by atomic mass is 10.1. The highest BCUT2D eigenvalue weighted by Crippen LogP contribution is 2.21. The zero-order valence-electron chi connectivity index (χ0n) is 8.30. The quantitative estimate of drug-likeness (QED) is 0.783. The van der Waals surface area contributed by atoms with Crippen LogP contribution >= 0.6 is 0 Å². The second-order valence-corrected chi connectivity index (χ2v) is 3.14. The van der Waals surface area contributed by atoms with E-state index in [1.54, 1.807) is 0 Å². The molecule has 1 aromatic rings. The van der Waals surface area contributed by atoms with Crippen LogP contribution in [0, 0.1) is 12.7 Å². The molecule has 0 bridgehead atoms. The Labute approximate surface area is 85.7 Å². The molecule has 0 spiro atoms. The average molecular weight is 211 g/mol. The van der Waals surface area contributed by atoms with Crippen LogP contribution in [0.15, 0.2) is 12.1 Å². The predicted molar refractivity (Wildman–Crippen MR) is 52.4 cm³/mol. The van der Waals surface area contributed by atoms with E-state index in [4.69, 9.17) is 5.11 Å². The molecule has 1 rings (SSSR count). The molecule has 0 aliphatic rings. The van der Waals surface area contributed by atoms with Gasteiger partial charge in [0, 0.05) is 6.92 Å². The largest absolute Gasteiger partial charge is 0.478 e. The topological polar surface area (TPSA) is 66.4 Å². The van der Waals surface area contributed by atoms with Crippen LogP contribution in [0.3, 0.4) is 0 Å². The van der Waals surface area contributed by atoms with Crippen LogP contribution in [-0.4, -0.2) is 17.0 Å². The molecule has 2 N–H and O–H groups in total. The Bertz CT molecular complexity index is 406. The normalized spacial score (nSPS) is 9.80. The van der Waals surface area contributed by atoms with Gasteiger partial charge in [-0.1, -0.05) is 0 Å². The van der Waals surface area contributed by atoms with E-state index in [9.17, 15) is 14.0 Å². The minimum atomic E-state index is -1.20. The number of anilines is 1. The van der Waals surface area contributed by atoms with Crippen molar-refractivity contribution in [2.24, 2.45) is 0 Å². The van der Waals surface area contributed by atoms with Gasteiger partial charge in [-0.05, 0) is 24.6 Å². The van der Waals surface area contributed by atoms with Crippen LogP contribution in [-0.2, 0) is 4.79 Å². The molecule has 0 fully saturated rings. The van der Waals surface area contributed by atoms with Crippen molar-refractivity contribution < 1.29 is 19.1 Å². The van der Waals surface area contributed by atoms with Gasteiger partial charge in [0.05, 0.1) is 11.3 Å². The maximum atomic E-state index is 13.4. The number of amides is 1. The van der Waals surface area contributed by atoms with Crippen molar-refractivity contribution in [3.8, 4) is 0 Å². The highest BCUT2D eigenvalue weighted by Gasteiger charge is 2.12. The van der Waals surface area contributed by atoms with Crippen molar-refractivity contribution >= 4 is 17.6 Å². The molecule has 1 amide bonds. The number of rotatable bonds is 2. The second-order valence-electron chi connectivity index (χ2n) is 3.14. The maximum Gasteiger partial charge on any atom is 0.335 e. The molecule has 0 heterocycles. The number of carbonyl (C=O) groups is 2. The lowest BCUT2D eigenvalue weighted by molar-refractivity contribution is -0.114. The Morgan fingerprint density at radius 1 is 1.40 bits per heavy atom. The second kappa shape index (κ2) is 4.08. The monoisotopic (exact) mass is 211 g/mol. The summed E-state index contributed by atoms with van der Waals surface area (Å²) in [6.07, 6.45) is 0. The van der Waals surface area contributed by atoms with Crippen molar-refractivity contribution in [1.82, 2.24) is 0 Å². The third-order valence-electron chi connectivity index (χ3n) is 1.84. The SMILES string of the molecule is CC(=O)Nc1c(C)cc(C(=O)O)cc1F. The molecule has 15 heavy (non-hydrogen) atoms. The first kappa shape index (κ1) is 11.2. The fourth-order valence-corrected chi connectivity index (χ4v) is 1.20. The molecular formula is C10H10FNO3. The Morgan fingerprint density at radius 3 is 2.40 bits per heavy atom. The highest BCUT2D eigenvalue weighted by atomic mass is 19.1. The molecule has 0 unspecified atom stereocenters. The molecule has 0 aromatic heterocycles. The van der Waals surface area contributed by atoms with Crippen molar-refractivity contribution in [3.05, 3.63) is 29.1 Å². The molecule has 0 saturated carbocycles. The summed E-state index contributed by atoms with van der Waals surface area (Å²) in [4.78, 5) is 21.3. The van der Waals surface area contributed by atoms with Gasteiger partial charge >= 0.3 is 5.97 Å². The van der Waals surface area contributed by atoms with Crippen LogP contribution in [0.25, 0.3) is 0 Å². The fourth-order valence-electron chi connectivity index (χ4n) is 1.20. The van der Waals surface area contributed by atoms with Crippen LogP contribution < -0.4 is 5.32 Å². The molecule has 0 radical (unpaired) electrons. The van der Waals surface area contributed by atoms with Gasteiger partial charge in [-0.3, -0.25) is 4.79 Å². The van der Waals surface area contributed by atoms with Gasteiger partial charge < -0.3 is 10.4 Å². The summed E-state index contributed by atoms with van der Waals surface area (Å²) in [5.41, 5.74) is 0.259. The Hall–Kier alpha value is -1.91. The molecule has 4 nitrogen and oxygen atoms in total. The number of carbonyl (C=O) groups excluding carboxylic acids is 1. The molecular weight excluding hydrogens is 201 g/mol. The molecule has 0 saturated heterocycles. The number of halogens is 1. The first-order valence-corrected chi connectivity index (χ1v) is 4.23. The van der Waals surface area contributed by atoms with Crippen LogP contribution in [0.2, 0.25) is 0 Å². The van der Waals surface area contributed by atoms with E-state index < -0.39 is 17.7 Å². The number of hydrogen-bond acceptors (Lipinski definition) is 2. The molecule has 0 atom stereocenters. The maximum absolute atomic E-state index is 13.4. The number of benzene rings is 1. The van der Waals surface area contributed by atoms with Crippen molar-refractivity contribution in [3.63, 3.8) is 0 Å². The average Bonchev–Trinajstić information content (AvgIpc) is 2.10. The number of carboxylic acid groups (broad SMARTS) is 1. The zero-order valence-corrected chi connectivity index (χ0v) is 8.30. The number of nitrogens with one attached hydrogen (secondary N) is 1. The van der Waals surface area contributed by atoms with E-state index in [2.05, 4.69) is 5.32 Å². The van der Waals surface area contributed by atoms with Gasteiger partial charge in [-0.25, -0.2) is 9.18 Å². The molecule has 0 aliphatic heterocycles. The fraction of sp³-hybridized carbons (Fsp3) is 0.200. The lowest BCUT2D eigenvalue weighted by Crippen LogP contribution is -2.10. The Kier molecular flexibility index (Phi) is 3.04. The van der Waals surface area contributed by atoms with Crippen LogP contribution in [0.4, 0.5) is 10.1 Å². The molecule has 80 valence electrons. The summed E-state index contributed by atoms with van der Waals surface area (Å²) >= 11 is 0. The summed E-state index contributed by atoms with van der Waals surface area (Å²) in [5, 5.41) is 11.0. The van der Waals surface area contributed by atoms with Gasteiger partial charge in [0.1, 0.15) is 5.82 Å². The third-order valence-corrected chi connectivity index (χ3v) is 1.84. The first-order chi connectivity index (χ1) is 6.91. The molecule has 0 aliphatic carbocycles. The van der Waals surface area contributed by atoms with Crippen molar-refractivity contribution in [2.45, 2.75) is 13.8 Å². The van der Waals surface area contributed by atoms with E-state index in [1.165, 1.54) is 19.9 Å². The number of carboxylic acids is 1. The summed E-state index contributed by atoms with van der Waals surface area (Å²) in [5.74, 6) is -2.35. The van der Waals surface area contributed by atoms with E-state index in [0.717, 1.165) is 6.07 Å². The van der Waals surface area contributed by atoms with E-state index >= 15 is 0 Å².